The highest BCUT2D eigenvalue weighted by molar-refractivity contribution is 6.33. The van der Waals surface area contributed by atoms with Gasteiger partial charge in [0.15, 0.2) is 0 Å². The van der Waals surface area contributed by atoms with Crippen molar-refractivity contribution in [2.75, 3.05) is 13.7 Å². The average molecular weight is 294 g/mol. The van der Waals surface area contributed by atoms with Crippen LogP contribution in [0.15, 0.2) is 36.4 Å². The summed E-state index contributed by atoms with van der Waals surface area (Å²) in [7, 11) is 1.64. The zero-order valence-electron chi connectivity index (χ0n) is 11.5. The standard InChI is InChI=1S/C16H17ClFNO/c1-3-19-10-12-8-11(4-7-16(12)20-2)14-9-13(18)5-6-15(14)17/h4-9,19H,3,10H2,1-2H3. The van der Waals surface area contributed by atoms with E-state index in [0.29, 0.717) is 17.1 Å². The van der Waals surface area contributed by atoms with Crippen LogP contribution in [0.2, 0.25) is 5.02 Å². The van der Waals surface area contributed by atoms with Gasteiger partial charge in [0.05, 0.1) is 7.11 Å². The summed E-state index contributed by atoms with van der Waals surface area (Å²) in [5.41, 5.74) is 2.59. The van der Waals surface area contributed by atoms with E-state index >= 15 is 0 Å². The van der Waals surface area contributed by atoms with E-state index in [1.165, 1.54) is 12.1 Å². The van der Waals surface area contributed by atoms with Crippen molar-refractivity contribution in [3.63, 3.8) is 0 Å². The molecule has 0 saturated heterocycles. The summed E-state index contributed by atoms with van der Waals surface area (Å²) >= 11 is 6.15. The highest BCUT2D eigenvalue weighted by atomic mass is 35.5. The normalized spacial score (nSPS) is 10.6. The molecule has 2 nitrogen and oxygen atoms in total. The summed E-state index contributed by atoms with van der Waals surface area (Å²) in [4.78, 5) is 0. The van der Waals surface area contributed by atoms with Gasteiger partial charge in [-0.25, -0.2) is 4.39 Å². The van der Waals surface area contributed by atoms with Crippen molar-refractivity contribution >= 4 is 11.6 Å². The largest absolute Gasteiger partial charge is 0.496 e. The van der Waals surface area contributed by atoms with Gasteiger partial charge in [-0.15, -0.1) is 0 Å². The SMILES string of the molecule is CCNCc1cc(-c2cc(F)ccc2Cl)ccc1OC. The zero-order valence-corrected chi connectivity index (χ0v) is 12.3. The monoisotopic (exact) mass is 293 g/mol. The number of halogens is 2. The fourth-order valence-electron chi connectivity index (χ4n) is 2.06. The van der Waals surface area contributed by atoms with Crippen LogP contribution in [0.5, 0.6) is 5.75 Å². The van der Waals surface area contributed by atoms with Gasteiger partial charge in [-0.1, -0.05) is 24.6 Å². The van der Waals surface area contributed by atoms with Crippen LogP contribution < -0.4 is 10.1 Å². The van der Waals surface area contributed by atoms with E-state index in [0.717, 1.165) is 23.4 Å². The first-order valence-corrected chi connectivity index (χ1v) is 6.86. The highest BCUT2D eigenvalue weighted by Crippen LogP contribution is 2.32. The van der Waals surface area contributed by atoms with Crippen LogP contribution in [0, 0.1) is 5.82 Å². The molecule has 0 aliphatic heterocycles. The topological polar surface area (TPSA) is 21.3 Å². The van der Waals surface area contributed by atoms with Crippen molar-refractivity contribution in [2.24, 2.45) is 0 Å². The van der Waals surface area contributed by atoms with Gasteiger partial charge in [0.25, 0.3) is 0 Å². The van der Waals surface area contributed by atoms with Crippen LogP contribution in [-0.4, -0.2) is 13.7 Å². The van der Waals surface area contributed by atoms with Gasteiger partial charge in [0, 0.05) is 22.7 Å². The number of hydrogen-bond acceptors (Lipinski definition) is 2. The van der Waals surface area contributed by atoms with E-state index in [1.807, 2.05) is 25.1 Å². The lowest BCUT2D eigenvalue weighted by Gasteiger charge is -2.12. The summed E-state index contributed by atoms with van der Waals surface area (Å²) in [5, 5.41) is 3.79. The third-order valence-electron chi connectivity index (χ3n) is 3.09. The molecule has 0 unspecified atom stereocenters. The maximum Gasteiger partial charge on any atom is 0.123 e. The number of benzene rings is 2. The Labute approximate surface area is 123 Å². The van der Waals surface area contributed by atoms with E-state index in [9.17, 15) is 4.39 Å². The second-order valence-electron chi connectivity index (χ2n) is 4.43. The molecule has 0 aliphatic rings. The smallest absolute Gasteiger partial charge is 0.123 e. The molecule has 0 bridgehead atoms. The molecule has 0 heterocycles. The molecule has 4 heteroatoms. The van der Waals surface area contributed by atoms with E-state index in [4.69, 9.17) is 16.3 Å². The first kappa shape index (κ1) is 14.8. The molecule has 0 spiro atoms. The van der Waals surface area contributed by atoms with E-state index in [1.54, 1.807) is 13.2 Å². The van der Waals surface area contributed by atoms with Gasteiger partial charge in [0.2, 0.25) is 0 Å². The Hall–Kier alpha value is -1.58. The number of rotatable bonds is 5. The van der Waals surface area contributed by atoms with Crippen molar-refractivity contribution in [3.8, 4) is 16.9 Å². The molecule has 106 valence electrons. The van der Waals surface area contributed by atoms with E-state index in [2.05, 4.69) is 5.32 Å². The predicted molar refractivity (Wildman–Crippen MR) is 80.8 cm³/mol. The summed E-state index contributed by atoms with van der Waals surface area (Å²) in [5.74, 6) is 0.510. The van der Waals surface area contributed by atoms with Crippen LogP contribution in [0.3, 0.4) is 0 Å². The minimum atomic E-state index is -0.298. The summed E-state index contributed by atoms with van der Waals surface area (Å²) in [6.45, 7) is 3.61. The molecule has 0 fully saturated rings. The molecular weight excluding hydrogens is 277 g/mol. The maximum absolute atomic E-state index is 13.4. The number of ether oxygens (including phenoxy) is 1. The van der Waals surface area contributed by atoms with E-state index < -0.39 is 0 Å². The quantitative estimate of drug-likeness (QED) is 0.889. The summed E-state index contributed by atoms with van der Waals surface area (Å²) < 4.78 is 18.7. The molecule has 2 aromatic rings. The van der Waals surface area contributed by atoms with E-state index in [-0.39, 0.29) is 5.82 Å². The van der Waals surface area contributed by atoms with Gasteiger partial charge < -0.3 is 10.1 Å². The van der Waals surface area contributed by atoms with Gasteiger partial charge in [-0.05, 0) is 42.4 Å². The second-order valence-corrected chi connectivity index (χ2v) is 4.84. The van der Waals surface area contributed by atoms with Crippen molar-refractivity contribution < 1.29 is 9.13 Å². The molecule has 0 saturated carbocycles. The molecule has 1 N–H and O–H groups in total. The Morgan fingerprint density at radius 1 is 1.20 bits per heavy atom. The molecule has 2 rings (SSSR count). The molecule has 0 aromatic heterocycles. The Balaban J connectivity index is 2.44. The second kappa shape index (κ2) is 6.73. The molecule has 20 heavy (non-hydrogen) atoms. The highest BCUT2D eigenvalue weighted by Gasteiger charge is 2.09. The van der Waals surface area contributed by atoms with Crippen LogP contribution in [0.25, 0.3) is 11.1 Å². The maximum atomic E-state index is 13.4. The Morgan fingerprint density at radius 3 is 2.70 bits per heavy atom. The Kier molecular flexibility index (Phi) is 4.99. The minimum absolute atomic E-state index is 0.298. The average Bonchev–Trinajstić information content (AvgIpc) is 2.47. The Bertz CT molecular complexity index is 601. The van der Waals surface area contributed by atoms with Crippen LogP contribution in [0.4, 0.5) is 4.39 Å². The molecule has 0 atom stereocenters. The first-order valence-electron chi connectivity index (χ1n) is 6.48. The van der Waals surface area contributed by atoms with Gasteiger partial charge in [-0.2, -0.15) is 0 Å². The van der Waals surface area contributed by atoms with Gasteiger partial charge in [0.1, 0.15) is 11.6 Å². The lowest BCUT2D eigenvalue weighted by atomic mass is 10.0. The van der Waals surface area contributed by atoms with Crippen LogP contribution in [-0.2, 0) is 6.54 Å². The number of hydrogen-bond donors (Lipinski definition) is 1. The third-order valence-corrected chi connectivity index (χ3v) is 3.41. The molecule has 0 radical (unpaired) electrons. The fraction of sp³-hybridized carbons (Fsp3) is 0.250. The number of nitrogens with one attached hydrogen (secondary N) is 1. The number of methoxy groups -OCH3 is 1. The predicted octanol–water partition coefficient (Wildman–Crippen LogP) is 4.26. The molecule has 0 aliphatic carbocycles. The molecular formula is C16H17ClFNO. The summed E-state index contributed by atoms with van der Waals surface area (Å²) in [6.07, 6.45) is 0. The fourth-order valence-corrected chi connectivity index (χ4v) is 2.29. The first-order chi connectivity index (χ1) is 9.65. The summed E-state index contributed by atoms with van der Waals surface area (Å²) in [6, 6.07) is 10.1. The van der Waals surface area contributed by atoms with Crippen molar-refractivity contribution in [2.45, 2.75) is 13.5 Å². The zero-order chi connectivity index (χ0) is 14.5. The van der Waals surface area contributed by atoms with Crippen LogP contribution in [0.1, 0.15) is 12.5 Å². The molecule has 0 amide bonds. The van der Waals surface area contributed by atoms with Crippen LogP contribution >= 0.6 is 11.6 Å². The van der Waals surface area contributed by atoms with Gasteiger partial charge in [-0.3, -0.25) is 0 Å². The lowest BCUT2D eigenvalue weighted by Crippen LogP contribution is -2.12. The Morgan fingerprint density at radius 2 is 2.00 bits per heavy atom. The van der Waals surface area contributed by atoms with Crippen molar-refractivity contribution in [1.29, 1.82) is 0 Å². The van der Waals surface area contributed by atoms with Gasteiger partial charge >= 0.3 is 0 Å². The third kappa shape index (κ3) is 3.30. The lowest BCUT2D eigenvalue weighted by molar-refractivity contribution is 0.408. The minimum Gasteiger partial charge on any atom is -0.496 e. The molecule has 2 aromatic carbocycles. The van der Waals surface area contributed by atoms with Crippen molar-refractivity contribution in [3.05, 3.63) is 52.8 Å². The van der Waals surface area contributed by atoms with Crippen molar-refractivity contribution in [1.82, 2.24) is 5.32 Å².